The van der Waals surface area contributed by atoms with Crippen LogP contribution in [0.3, 0.4) is 0 Å². The highest BCUT2D eigenvalue weighted by Crippen LogP contribution is 2.41. The molecule has 0 atom stereocenters. The van der Waals surface area contributed by atoms with E-state index >= 15 is 35.1 Å². The molecule has 0 nitrogen and oxygen atoms in total. The molecule has 0 unspecified atom stereocenters. The molecule has 1 heterocycles. The van der Waals surface area contributed by atoms with E-state index in [-0.39, 0.29) is 10.9 Å². The molecule has 0 N–H and O–H groups in total. The summed E-state index contributed by atoms with van der Waals surface area (Å²) in [5.74, 6) is -71.4. The van der Waals surface area contributed by atoms with Crippen LogP contribution in [0.25, 0.3) is 0 Å². The van der Waals surface area contributed by atoms with Crippen LogP contribution in [0.2, 0.25) is 0 Å². The summed E-state index contributed by atoms with van der Waals surface area (Å²) in [5, 5.41) is 0. The molecule has 7 aromatic carbocycles. The molecule has 0 radical (unpaired) electrons. The van der Waals surface area contributed by atoms with Crippen LogP contribution in [0.4, 0.5) is 87.8 Å². The van der Waals surface area contributed by atoms with Crippen molar-refractivity contribution in [2.75, 3.05) is 0 Å². The topological polar surface area (TPSA) is 0 Å². The van der Waals surface area contributed by atoms with E-state index in [0.717, 1.165) is 0 Å². The summed E-state index contributed by atoms with van der Waals surface area (Å²) in [6.45, 7) is 4.29. The standard InChI is InChI=1S/C24BF20.C24H21S3/c26-5-1(6(27)14(35)21(42)13(5)34)25(2-7(28)15(36)22(43)16(37)8(2)29,3-9(30)17(38)23(44)18(39)10(3)31)4-11(32)19(40)24(45)20(41)12(4)33;1-18-8-12-21(13-9-18)27(22-14-10-19(2)11-15-22)24-17-16-23(26-24)25-20-6-4-3-5-7-20/h;3-17H,1-2H3/q-1;+1. The van der Waals surface area contributed by atoms with Crippen LogP contribution in [0, 0.1) is 130 Å². The Labute approximate surface area is 403 Å². The second-order valence-corrected chi connectivity index (χ2v) is 19.9. The summed E-state index contributed by atoms with van der Waals surface area (Å²) in [7, 11) is -0.0632. The molecule has 1 aromatic heterocycles. The van der Waals surface area contributed by atoms with Crippen LogP contribution in [0.1, 0.15) is 11.1 Å². The molecule has 0 aliphatic rings. The number of thiophene rings is 1. The van der Waals surface area contributed by atoms with Crippen LogP contribution in [0.15, 0.2) is 114 Å². The molecule has 0 saturated heterocycles. The van der Waals surface area contributed by atoms with Gasteiger partial charge in [0, 0.05) is 11.0 Å². The van der Waals surface area contributed by atoms with Crippen LogP contribution >= 0.6 is 23.1 Å². The van der Waals surface area contributed by atoms with Gasteiger partial charge in [-0.05, 0) is 56.3 Å². The Kier molecular flexibility index (Phi) is 15.3. The van der Waals surface area contributed by atoms with Gasteiger partial charge in [0.2, 0.25) is 4.21 Å². The number of rotatable bonds is 9. The van der Waals surface area contributed by atoms with Crippen molar-refractivity contribution in [3.63, 3.8) is 0 Å². The van der Waals surface area contributed by atoms with Crippen molar-refractivity contribution in [3.05, 3.63) is 218 Å². The average Bonchev–Trinajstić information content (AvgIpc) is 3.83. The molecule has 374 valence electrons. The lowest BCUT2D eigenvalue weighted by atomic mass is 9.12. The van der Waals surface area contributed by atoms with E-state index in [1.807, 2.05) is 23.1 Å². The fraction of sp³-hybridized carbons (Fsp3) is 0.0417. The minimum absolute atomic E-state index is 0.0632. The SMILES string of the molecule is Cc1ccc([S+](c2ccc(C)cc2)c2ccc(Sc3ccccc3)s2)cc1.Fc1c(F)c(F)c([B-](c2c(F)c(F)c(F)c(F)c2F)(c2c(F)c(F)c(F)c(F)c2F)c2c(F)c(F)c(F)c(F)c2F)c(F)c1F. The molecule has 0 aliphatic heterocycles. The van der Waals surface area contributed by atoms with Crippen molar-refractivity contribution in [3.8, 4) is 0 Å². The minimum atomic E-state index is -7.22. The predicted molar refractivity (Wildman–Crippen MR) is 229 cm³/mol. The summed E-state index contributed by atoms with van der Waals surface area (Å²) in [6, 6.07) is 33.2. The Balaban J connectivity index is 0.000000238. The maximum absolute atomic E-state index is 15.4. The molecule has 0 fully saturated rings. The summed E-state index contributed by atoms with van der Waals surface area (Å²) < 4.78 is 297. The predicted octanol–water partition coefficient (Wildman–Crippen LogP) is 13.5. The zero-order valence-corrected chi connectivity index (χ0v) is 38.0. The molecular formula is C48H21BF20S3. The van der Waals surface area contributed by atoms with Crippen molar-refractivity contribution in [2.45, 2.75) is 37.0 Å². The molecule has 24 heteroatoms. The maximum Gasteiger partial charge on any atom is 0.221 e. The van der Waals surface area contributed by atoms with Gasteiger partial charge in [-0.25, -0.2) is 87.8 Å². The highest BCUT2D eigenvalue weighted by Gasteiger charge is 2.52. The van der Waals surface area contributed by atoms with Crippen molar-refractivity contribution < 1.29 is 87.8 Å². The van der Waals surface area contributed by atoms with Crippen LogP contribution in [-0.2, 0) is 10.9 Å². The number of aryl methyl sites for hydroxylation is 2. The minimum Gasteiger partial charge on any atom is -0.207 e. The van der Waals surface area contributed by atoms with E-state index in [1.54, 1.807) is 0 Å². The van der Waals surface area contributed by atoms with Gasteiger partial charge in [0.15, 0.2) is 79.6 Å². The zero-order valence-electron chi connectivity index (χ0n) is 35.5. The lowest BCUT2D eigenvalue weighted by molar-refractivity contribution is 0.378. The smallest absolute Gasteiger partial charge is 0.207 e. The third-order valence-electron chi connectivity index (χ3n) is 10.9. The number of halogens is 20. The number of benzene rings is 7. The third kappa shape index (κ3) is 8.98. The number of hydrogen-bond donors (Lipinski definition) is 0. The summed E-state index contributed by atoms with van der Waals surface area (Å²) in [5.41, 5.74) is -11.7. The first kappa shape index (κ1) is 53.4. The number of hydrogen-bond acceptors (Lipinski definition) is 2. The highest BCUT2D eigenvalue weighted by atomic mass is 32.2. The van der Waals surface area contributed by atoms with Crippen molar-refractivity contribution in [1.82, 2.24) is 0 Å². The Hall–Kier alpha value is -6.40. The monoisotopic (exact) mass is 1080 g/mol. The molecular weight excluding hydrogens is 1060 g/mol. The maximum atomic E-state index is 15.4. The summed E-state index contributed by atoms with van der Waals surface area (Å²) in [4.78, 5) is 4.04. The zero-order chi connectivity index (χ0) is 53.0. The molecule has 8 rings (SSSR count). The van der Waals surface area contributed by atoms with Gasteiger partial charge >= 0.3 is 0 Å². The van der Waals surface area contributed by atoms with Gasteiger partial charge < -0.3 is 0 Å². The van der Waals surface area contributed by atoms with Crippen LogP contribution < -0.4 is 21.9 Å². The van der Waals surface area contributed by atoms with Gasteiger partial charge in [-0.3, -0.25) is 0 Å². The first-order valence-corrected chi connectivity index (χ1v) is 22.7. The fourth-order valence-corrected chi connectivity index (χ4v) is 12.6. The van der Waals surface area contributed by atoms with E-state index in [9.17, 15) is 52.7 Å². The van der Waals surface area contributed by atoms with Gasteiger partial charge in [0.1, 0.15) is 63.6 Å². The molecule has 72 heavy (non-hydrogen) atoms. The third-order valence-corrected chi connectivity index (χ3v) is 15.7. The van der Waals surface area contributed by atoms with Crippen LogP contribution in [0.5, 0.6) is 0 Å². The Morgan fingerprint density at radius 2 is 0.583 bits per heavy atom. The van der Waals surface area contributed by atoms with Crippen molar-refractivity contribution in [1.29, 1.82) is 0 Å². The molecule has 8 aromatic rings. The lowest BCUT2D eigenvalue weighted by Crippen LogP contribution is -2.81. The normalized spacial score (nSPS) is 11.7. The highest BCUT2D eigenvalue weighted by molar-refractivity contribution is 8.02. The van der Waals surface area contributed by atoms with Crippen molar-refractivity contribution >= 4 is 62.0 Å². The Morgan fingerprint density at radius 3 is 0.861 bits per heavy atom. The Bertz CT molecular complexity index is 2980. The van der Waals surface area contributed by atoms with E-state index < -0.39 is 144 Å². The molecule has 0 amide bonds. The van der Waals surface area contributed by atoms with E-state index in [4.69, 9.17) is 0 Å². The van der Waals surface area contributed by atoms with Gasteiger partial charge in [-0.1, -0.05) is 76.7 Å². The fourth-order valence-electron chi connectivity index (χ4n) is 7.66. The molecule has 0 saturated carbocycles. The average molecular weight is 1080 g/mol. The first-order chi connectivity index (χ1) is 33.9. The summed E-state index contributed by atoms with van der Waals surface area (Å²) in [6.07, 6.45) is -7.22. The second kappa shape index (κ2) is 20.6. The lowest BCUT2D eigenvalue weighted by Gasteiger charge is -2.44. The van der Waals surface area contributed by atoms with Crippen LogP contribution in [-0.4, -0.2) is 6.15 Å². The second-order valence-electron chi connectivity index (χ2n) is 15.2. The summed E-state index contributed by atoms with van der Waals surface area (Å²) >= 11 is 3.75. The quantitative estimate of drug-likeness (QED) is 0.0456. The molecule has 0 spiro atoms. The van der Waals surface area contributed by atoms with Gasteiger partial charge in [0.25, 0.3) is 0 Å². The van der Waals surface area contributed by atoms with Crippen molar-refractivity contribution in [2.24, 2.45) is 0 Å². The van der Waals surface area contributed by atoms with Gasteiger partial charge in [-0.2, -0.15) is 0 Å². The molecule has 0 bridgehead atoms. The Morgan fingerprint density at radius 1 is 0.319 bits per heavy atom. The first-order valence-electron chi connectivity index (χ1n) is 19.8. The van der Waals surface area contributed by atoms with E-state index in [1.165, 1.54) is 34.2 Å². The molecule has 0 aliphatic carbocycles. The van der Waals surface area contributed by atoms with E-state index in [0.29, 0.717) is 0 Å². The van der Waals surface area contributed by atoms with Gasteiger partial charge in [0.05, 0.1) is 4.21 Å². The largest absolute Gasteiger partial charge is 0.221 e. The van der Waals surface area contributed by atoms with E-state index in [2.05, 4.69) is 105 Å². The van der Waals surface area contributed by atoms with Gasteiger partial charge in [-0.15, -0.1) is 21.9 Å².